The lowest BCUT2D eigenvalue weighted by Gasteiger charge is -2.14. The molecule has 7 heteroatoms. The number of fused-ring (bicyclic) bond motifs is 1. The molecule has 2 atom stereocenters. The number of rotatable bonds is 3. The summed E-state index contributed by atoms with van der Waals surface area (Å²) in [5, 5.41) is 8.03. The van der Waals surface area contributed by atoms with Gasteiger partial charge in [0, 0.05) is 17.2 Å². The maximum Gasteiger partial charge on any atom is 0.259 e. The highest BCUT2D eigenvalue weighted by Crippen LogP contribution is 2.40. The number of primary sulfonamides is 1. The van der Waals surface area contributed by atoms with Gasteiger partial charge in [0.2, 0.25) is 10.0 Å². The first-order valence-corrected chi connectivity index (χ1v) is 9.89. The van der Waals surface area contributed by atoms with Gasteiger partial charge in [-0.15, -0.1) is 0 Å². The van der Waals surface area contributed by atoms with Crippen molar-refractivity contribution >= 4 is 21.6 Å². The van der Waals surface area contributed by atoms with Crippen LogP contribution >= 0.6 is 0 Å². The lowest BCUT2D eigenvalue weighted by Crippen LogP contribution is -2.17. The number of benzene rings is 2. The number of ether oxygens (including phenoxy) is 1. The molecule has 0 spiro atoms. The van der Waals surface area contributed by atoms with Gasteiger partial charge < -0.3 is 10.1 Å². The van der Waals surface area contributed by atoms with Gasteiger partial charge in [-0.3, -0.25) is 4.79 Å². The highest BCUT2D eigenvalue weighted by molar-refractivity contribution is 7.89. The summed E-state index contributed by atoms with van der Waals surface area (Å²) in [5.41, 5.74) is 3.34. The summed E-state index contributed by atoms with van der Waals surface area (Å²) < 4.78 is 29.2. The van der Waals surface area contributed by atoms with E-state index in [2.05, 4.69) is 12.2 Å². The molecule has 6 nitrogen and oxygen atoms in total. The molecular weight excluding hydrogens is 352 g/mol. The number of para-hydroxylation sites is 1. The molecule has 1 heterocycles. The first-order chi connectivity index (χ1) is 12.1. The average molecular weight is 374 g/mol. The average Bonchev–Trinajstić information content (AvgIpc) is 2.85. The molecule has 2 aromatic carbocycles. The van der Waals surface area contributed by atoms with Crippen LogP contribution in [0.1, 0.15) is 46.8 Å². The summed E-state index contributed by atoms with van der Waals surface area (Å²) >= 11 is 0. The maximum absolute atomic E-state index is 12.8. The zero-order valence-corrected chi connectivity index (χ0v) is 16.0. The highest BCUT2D eigenvalue weighted by atomic mass is 32.2. The van der Waals surface area contributed by atoms with Gasteiger partial charge in [0.05, 0.1) is 10.5 Å². The summed E-state index contributed by atoms with van der Waals surface area (Å²) in [6.07, 6.45) is -0.00589. The van der Waals surface area contributed by atoms with Crippen molar-refractivity contribution in [3.63, 3.8) is 0 Å². The smallest absolute Gasteiger partial charge is 0.259 e. The number of aryl methyl sites for hydroxylation is 1. The van der Waals surface area contributed by atoms with E-state index in [4.69, 9.17) is 9.88 Å². The molecule has 3 rings (SSSR count). The molecule has 0 bridgehead atoms. The van der Waals surface area contributed by atoms with Crippen LogP contribution in [0.2, 0.25) is 0 Å². The number of hydrogen-bond acceptors (Lipinski definition) is 4. The van der Waals surface area contributed by atoms with E-state index < -0.39 is 10.0 Å². The zero-order valence-electron chi connectivity index (χ0n) is 15.2. The second kappa shape index (κ2) is 6.41. The van der Waals surface area contributed by atoms with Gasteiger partial charge in [-0.05, 0) is 50.1 Å². The fourth-order valence-electron chi connectivity index (χ4n) is 3.07. The van der Waals surface area contributed by atoms with Gasteiger partial charge in [0.15, 0.2) is 0 Å². The Bertz CT molecular complexity index is 999. The summed E-state index contributed by atoms with van der Waals surface area (Å²) in [6.45, 7) is 7.61. The second-order valence-corrected chi connectivity index (χ2v) is 8.31. The van der Waals surface area contributed by atoms with Crippen molar-refractivity contribution in [1.82, 2.24) is 0 Å². The van der Waals surface area contributed by atoms with Crippen LogP contribution in [-0.4, -0.2) is 20.4 Å². The predicted octanol–water partition coefficient (Wildman–Crippen LogP) is 3.09. The molecule has 1 aliphatic heterocycles. The van der Waals surface area contributed by atoms with Gasteiger partial charge in [-0.25, -0.2) is 13.6 Å². The molecule has 0 aliphatic carbocycles. The van der Waals surface area contributed by atoms with E-state index in [0.717, 1.165) is 16.7 Å². The molecular formula is C19H22N2O4S. The quantitative estimate of drug-likeness (QED) is 0.862. The molecule has 3 N–H and O–H groups in total. The summed E-state index contributed by atoms with van der Waals surface area (Å²) in [4.78, 5) is 12.8. The predicted molar refractivity (Wildman–Crippen MR) is 100 cm³/mol. The molecule has 1 amide bonds. The Morgan fingerprint density at radius 3 is 2.54 bits per heavy atom. The number of anilines is 1. The molecule has 0 saturated heterocycles. The van der Waals surface area contributed by atoms with Crippen LogP contribution in [0.5, 0.6) is 5.75 Å². The number of nitrogens with one attached hydrogen (secondary N) is 1. The van der Waals surface area contributed by atoms with Crippen molar-refractivity contribution in [1.29, 1.82) is 0 Å². The third-order valence-corrected chi connectivity index (χ3v) is 5.90. The van der Waals surface area contributed by atoms with Crippen LogP contribution in [0.15, 0.2) is 35.2 Å². The first kappa shape index (κ1) is 18.4. The number of hydrogen-bond donors (Lipinski definition) is 2. The molecule has 0 fully saturated rings. The van der Waals surface area contributed by atoms with E-state index in [9.17, 15) is 13.2 Å². The normalized spacial score (nSPS) is 19.0. The lowest BCUT2D eigenvalue weighted by molar-refractivity contribution is 0.102. The van der Waals surface area contributed by atoms with Crippen molar-refractivity contribution in [3.8, 4) is 5.75 Å². The Balaban J connectivity index is 1.99. The number of nitrogens with two attached hydrogens (primary N) is 1. The van der Waals surface area contributed by atoms with Crippen LogP contribution in [-0.2, 0) is 10.0 Å². The fraction of sp³-hybridized carbons (Fsp3) is 0.316. The van der Waals surface area contributed by atoms with E-state index in [1.165, 1.54) is 12.1 Å². The monoisotopic (exact) mass is 374 g/mol. The van der Waals surface area contributed by atoms with Gasteiger partial charge >= 0.3 is 0 Å². The third-order valence-electron chi connectivity index (χ3n) is 5.01. The van der Waals surface area contributed by atoms with Gasteiger partial charge in [0.1, 0.15) is 11.9 Å². The Kier molecular flexibility index (Phi) is 4.54. The number of amides is 1. The van der Waals surface area contributed by atoms with Crippen LogP contribution in [0.3, 0.4) is 0 Å². The van der Waals surface area contributed by atoms with Gasteiger partial charge in [0.25, 0.3) is 5.91 Å². The molecule has 0 saturated carbocycles. The standard InChI is InChI=1S/C19H22N2O4S/c1-10-8-14(26(20,23)24)9-17(11(10)2)21-19(22)16-7-5-6-15-12(3)13(4)25-18(15)16/h5-9,12-13H,1-4H3,(H,21,22)(H2,20,23,24). The number of carbonyl (C=O) groups excluding carboxylic acids is 1. The summed E-state index contributed by atoms with van der Waals surface area (Å²) in [5.74, 6) is 0.437. The van der Waals surface area contributed by atoms with Crippen molar-refractivity contribution in [2.24, 2.45) is 5.14 Å². The van der Waals surface area contributed by atoms with Crippen LogP contribution in [0.4, 0.5) is 5.69 Å². The van der Waals surface area contributed by atoms with E-state index in [1.54, 1.807) is 13.0 Å². The number of sulfonamides is 1. The van der Waals surface area contributed by atoms with E-state index >= 15 is 0 Å². The zero-order chi connectivity index (χ0) is 19.2. The molecule has 2 aromatic rings. The van der Waals surface area contributed by atoms with E-state index in [0.29, 0.717) is 17.0 Å². The summed E-state index contributed by atoms with van der Waals surface area (Å²) in [7, 11) is -3.87. The molecule has 26 heavy (non-hydrogen) atoms. The first-order valence-electron chi connectivity index (χ1n) is 8.34. The van der Waals surface area contributed by atoms with Crippen molar-refractivity contribution in [3.05, 3.63) is 52.6 Å². The van der Waals surface area contributed by atoms with Crippen LogP contribution in [0.25, 0.3) is 0 Å². The Hall–Kier alpha value is -2.38. The SMILES string of the molecule is Cc1cc(S(N)(=O)=O)cc(NC(=O)c2cccc3c2OC(C)C3C)c1C. The van der Waals surface area contributed by atoms with Crippen molar-refractivity contribution < 1.29 is 17.9 Å². The molecule has 138 valence electrons. The van der Waals surface area contributed by atoms with Crippen molar-refractivity contribution in [2.45, 2.75) is 44.6 Å². The highest BCUT2D eigenvalue weighted by Gasteiger charge is 2.31. The Morgan fingerprint density at radius 1 is 1.19 bits per heavy atom. The molecule has 0 radical (unpaired) electrons. The van der Waals surface area contributed by atoms with E-state index in [-0.39, 0.29) is 22.8 Å². The molecule has 2 unspecified atom stereocenters. The Labute approximate surface area is 153 Å². The largest absolute Gasteiger partial charge is 0.489 e. The molecule has 0 aromatic heterocycles. The minimum atomic E-state index is -3.87. The molecule has 1 aliphatic rings. The van der Waals surface area contributed by atoms with Gasteiger partial charge in [-0.2, -0.15) is 0 Å². The lowest BCUT2D eigenvalue weighted by atomic mass is 9.96. The van der Waals surface area contributed by atoms with Crippen LogP contribution < -0.4 is 15.2 Å². The minimum absolute atomic E-state index is 0.00589. The topological polar surface area (TPSA) is 98.5 Å². The third kappa shape index (κ3) is 3.20. The van der Waals surface area contributed by atoms with Crippen LogP contribution in [0, 0.1) is 13.8 Å². The van der Waals surface area contributed by atoms with Crippen molar-refractivity contribution in [2.75, 3.05) is 5.32 Å². The van der Waals surface area contributed by atoms with Gasteiger partial charge in [-0.1, -0.05) is 19.1 Å². The minimum Gasteiger partial charge on any atom is -0.489 e. The maximum atomic E-state index is 12.8. The fourth-order valence-corrected chi connectivity index (χ4v) is 3.70. The number of carbonyl (C=O) groups is 1. The second-order valence-electron chi connectivity index (χ2n) is 6.75. The Morgan fingerprint density at radius 2 is 1.88 bits per heavy atom. The van der Waals surface area contributed by atoms with E-state index in [1.807, 2.05) is 26.0 Å². The summed E-state index contributed by atoms with van der Waals surface area (Å²) in [6, 6.07) is 8.35.